The third-order valence-corrected chi connectivity index (χ3v) is 2.48. The van der Waals surface area contributed by atoms with Crippen molar-refractivity contribution in [3.63, 3.8) is 0 Å². The summed E-state index contributed by atoms with van der Waals surface area (Å²) in [4.78, 5) is 0. The Kier molecular flexibility index (Phi) is 5.09. The molecular formula is C11H20O. The molecule has 1 aliphatic rings. The van der Waals surface area contributed by atoms with E-state index >= 15 is 0 Å². The Morgan fingerprint density at radius 3 is 2.67 bits per heavy atom. The fourth-order valence-corrected chi connectivity index (χ4v) is 1.74. The molecule has 0 bridgehead atoms. The zero-order valence-electron chi connectivity index (χ0n) is 8.14. The molecule has 0 amide bonds. The van der Waals surface area contributed by atoms with Crippen LogP contribution in [0.2, 0.25) is 0 Å². The number of hydrogen-bond acceptors (Lipinski definition) is 1. The highest BCUT2D eigenvalue weighted by Crippen LogP contribution is 2.23. The monoisotopic (exact) mass is 168 g/mol. The third-order valence-electron chi connectivity index (χ3n) is 2.48. The summed E-state index contributed by atoms with van der Waals surface area (Å²) in [6.07, 6.45) is 11.8. The van der Waals surface area contributed by atoms with Gasteiger partial charge in [-0.1, -0.05) is 18.1 Å². The van der Waals surface area contributed by atoms with Gasteiger partial charge in [-0.3, -0.25) is 0 Å². The Morgan fingerprint density at radius 1 is 1.25 bits per heavy atom. The zero-order chi connectivity index (χ0) is 8.65. The molecule has 1 nitrogen and oxygen atoms in total. The molecule has 0 heterocycles. The molecule has 0 saturated heterocycles. The van der Waals surface area contributed by atoms with E-state index in [1.54, 1.807) is 12.7 Å². The Balaban J connectivity index is 2.08. The van der Waals surface area contributed by atoms with Gasteiger partial charge in [-0.05, 0) is 38.5 Å². The molecule has 70 valence electrons. The Morgan fingerprint density at radius 2 is 2.00 bits per heavy atom. The lowest BCUT2D eigenvalue weighted by molar-refractivity contribution is 0.195. The quantitative estimate of drug-likeness (QED) is 0.462. The molecule has 1 heteroatoms. The van der Waals surface area contributed by atoms with Crippen molar-refractivity contribution in [2.24, 2.45) is 0 Å². The van der Waals surface area contributed by atoms with Gasteiger partial charge < -0.3 is 4.74 Å². The maximum Gasteiger partial charge on any atom is 0.0465 e. The largest absolute Gasteiger partial charge is 0.385 e. The molecule has 0 aromatic heterocycles. The number of methoxy groups -OCH3 is 1. The van der Waals surface area contributed by atoms with Crippen LogP contribution in [0.1, 0.15) is 44.9 Å². The zero-order valence-corrected chi connectivity index (χ0v) is 8.14. The Labute approximate surface area is 75.8 Å². The van der Waals surface area contributed by atoms with Crippen molar-refractivity contribution in [3.05, 3.63) is 11.6 Å². The van der Waals surface area contributed by atoms with E-state index in [0.29, 0.717) is 0 Å². The minimum Gasteiger partial charge on any atom is -0.385 e. The van der Waals surface area contributed by atoms with Crippen molar-refractivity contribution in [2.75, 3.05) is 13.7 Å². The third kappa shape index (κ3) is 3.91. The highest BCUT2D eigenvalue weighted by Gasteiger charge is 2.03. The summed E-state index contributed by atoms with van der Waals surface area (Å²) in [6.45, 7) is 0.907. The number of allylic oxidation sites excluding steroid dienone is 2. The minimum atomic E-state index is 0.907. The second-order valence-electron chi connectivity index (χ2n) is 3.56. The van der Waals surface area contributed by atoms with Crippen molar-refractivity contribution in [1.29, 1.82) is 0 Å². The van der Waals surface area contributed by atoms with Crippen LogP contribution < -0.4 is 0 Å². The highest BCUT2D eigenvalue weighted by molar-refractivity contribution is 5.03. The van der Waals surface area contributed by atoms with Gasteiger partial charge in [0.1, 0.15) is 0 Å². The van der Waals surface area contributed by atoms with E-state index in [1.807, 2.05) is 0 Å². The van der Waals surface area contributed by atoms with E-state index in [2.05, 4.69) is 6.08 Å². The summed E-state index contributed by atoms with van der Waals surface area (Å²) in [5.41, 5.74) is 1.69. The topological polar surface area (TPSA) is 9.23 Å². The van der Waals surface area contributed by atoms with Gasteiger partial charge in [-0.15, -0.1) is 0 Å². The van der Waals surface area contributed by atoms with Crippen LogP contribution in [0.25, 0.3) is 0 Å². The number of unbranched alkanes of at least 4 members (excludes halogenated alkanes) is 1. The molecule has 0 atom stereocenters. The molecule has 1 fully saturated rings. The smallest absolute Gasteiger partial charge is 0.0465 e. The van der Waals surface area contributed by atoms with Gasteiger partial charge in [-0.2, -0.15) is 0 Å². The first-order chi connectivity index (χ1) is 5.93. The molecule has 0 unspecified atom stereocenters. The van der Waals surface area contributed by atoms with Crippen molar-refractivity contribution < 1.29 is 4.74 Å². The van der Waals surface area contributed by atoms with Crippen LogP contribution in [-0.4, -0.2) is 13.7 Å². The molecule has 1 aliphatic carbocycles. The summed E-state index contributed by atoms with van der Waals surface area (Å²) < 4.78 is 5.00. The van der Waals surface area contributed by atoms with Crippen LogP contribution in [-0.2, 0) is 4.74 Å². The van der Waals surface area contributed by atoms with Gasteiger partial charge >= 0.3 is 0 Å². The second-order valence-corrected chi connectivity index (χ2v) is 3.56. The SMILES string of the molecule is COCCCC=C1CCCCC1. The summed E-state index contributed by atoms with van der Waals surface area (Å²) in [5.74, 6) is 0. The summed E-state index contributed by atoms with van der Waals surface area (Å²) in [7, 11) is 1.77. The normalized spacial score (nSPS) is 17.9. The molecule has 0 spiro atoms. The minimum absolute atomic E-state index is 0.907. The Hall–Kier alpha value is -0.300. The van der Waals surface area contributed by atoms with Crippen LogP contribution in [0.15, 0.2) is 11.6 Å². The molecule has 0 radical (unpaired) electrons. The van der Waals surface area contributed by atoms with Gasteiger partial charge in [0, 0.05) is 13.7 Å². The fraction of sp³-hybridized carbons (Fsp3) is 0.818. The summed E-state index contributed by atoms with van der Waals surface area (Å²) >= 11 is 0. The molecule has 0 aromatic rings. The standard InChI is InChI=1S/C11H20O/c1-12-10-6-5-9-11-7-3-2-4-8-11/h9H,2-8,10H2,1H3. The molecule has 1 saturated carbocycles. The molecular weight excluding hydrogens is 148 g/mol. The van der Waals surface area contributed by atoms with Crippen molar-refractivity contribution >= 4 is 0 Å². The molecule has 0 aliphatic heterocycles. The maximum absolute atomic E-state index is 5.00. The van der Waals surface area contributed by atoms with Crippen LogP contribution in [0.3, 0.4) is 0 Å². The van der Waals surface area contributed by atoms with Crippen molar-refractivity contribution in [1.82, 2.24) is 0 Å². The van der Waals surface area contributed by atoms with Gasteiger partial charge in [0.15, 0.2) is 0 Å². The molecule has 0 N–H and O–H groups in total. The van der Waals surface area contributed by atoms with Crippen LogP contribution >= 0.6 is 0 Å². The fourth-order valence-electron chi connectivity index (χ4n) is 1.74. The van der Waals surface area contributed by atoms with Crippen molar-refractivity contribution in [2.45, 2.75) is 44.9 Å². The first-order valence-corrected chi connectivity index (χ1v) is 5.10. The van der Waals surface area contributed by atoms with Crippen molar-refractivity contribution in [3.8, 4) is 0 Å². The average Bonchev–Trinajstić information content (AvgIpc) is 2.14. The Bertz CT molecular complexity index is 130. The van der Waals surface area contributed by atoms with Gasteiger partial charge in [0.05, 0.1) is 0 Å². The molecule has 12 heavy (non-hydrogen) atoms. The van der Waals surface area contributed by atoms with Crippen LogP contribution in [0.4, 0.5) is 0 Å². The first kappa shape index (κ1) is 9.79. The highest BCUT2D eigenvalue weighted by atomic mass is 16.5. The lowest BCUT2D eigenvalue weighted by atomic mass is 9.94. The van der Waals surface area contributed by atoms with E-state index in [0.717, 1.165) is 6.61 Å². The lowest BCUT2D eigenvalue weighted by Crippen LogP contribution is -1.94. The lowest BCUT2D eigenvalue weighted by Gasteiger charge is -2.13. The first-order valence-electron chi connectivity index (χ1n) is 5.10. The van der Waals surface area contributed by atoms with E-state index in [4.69, 9.17) is 4.74 Å². The predicted octanol–water partition coefficient (Wildman–Crippen LogP) is 3.30. The maximum atomic E-state index is 5.00. The van der Waals surface area contributed by atoms with E-state index in [1.165, 1.54) is 44.9 Å². The van der Waals surface area contributed by atoms with Gasteiger partial charge in [0.25, 0.3) is 0 Å². The van der Waals surface area contributed by atoms with E-state index in [-0.39, 0.29) is 0 Å². The van der Waals surface area contributed by atoms with Gasteiger partial charge in [-0.25, -0.2) is 0 Å². The van der Waals surface area contributed by atoms with Gasteiger partial charge in [0.2, 0.25) is 0 Å². The molecule has 1 rings (SSSR count). The van der Waals surface area contributed by atoms with Crippen LogP contribution in [0, 0.1) is 0 Å². The number of hydrogen-bond donors (Lipinski definition) is 0. The van der Waals surface area contributed by atoms with E-state index in [9.17, 15) is 0 Å². The number of rotatable bonds is 4. The second kappa shape index (κ2) is 6.24. The predicted molar refractivity (Wildman–Crippen MR) is 52.3 cm³/mol. The molecule has 0 aromatic carbocycles. The van der Waals surface area contributed by atoms with E-state index < -0.39 is 0 Å². The van der Waals surface area contributed by atoms with Crippen LogP contribution in [0.5, 0.6) is 0 Å². The average molecular weight is 168 g/mol. The summed E-state index contributed by atoms with van der Waals surface area (Å²) in [5, 5.41) is 0. The summed E-state index contributed by atoms with van der Waals surface area (Å²) in [6, 6.07) is 0. The number of ether oxygens (including phenoxy) is 1.